The van der Waals surface area contributed by atoms with Crippen molar-refractivity contribution < 1.29 is 5.11 Å². The number of hydrogen-bond donors (Lipinski definition) is 2. The molecule has 0 atom stereocenters. The maximum Gasteiger partial charge on any atom is 0.255 e. The van der Waals surface area contributed by atoms with Crippen LogP contribution in [-0.2, 0) is 19.5 Å². The van der Waals surface area contributed by atoms with Crippen molar-refractivity contribution in [2.24, 2.45) is 0 Å². The fourth-order valence-electron chi connectivity index (χ4n) is 3.11. The van der Waals surface area contributed by atoms with Crippen LogP contribution >= 0.6 is 11.6 Å². The molecule has 2 N–H and O–H groups in total. The first-order valence-electron chi connectivity index (χ1n) is 7.92. The van der Waals surface area contributed by atoms with Gasteiger partial charge in [0.05, 0.1) is 16.3 Å². The van der Waals surface area contributed by atoms with Crippen molar-refractivity contribution in [3.63, 3.8) is 0 Å². The second-order valence-electron chi connectivity index (χ2n) is 6.36. The number of H-pyrrole nitrogens is 1. The third-order valence-electron chi connectivity index (χ3n) is 4.59. The van der Waals surface area contributed by atoms with Gasteiger partial charge in [-0.3, -0.25) is 9.69 Å². The summed E-state index contributed by atoms with van der Waals surface area (Å²) in [4.78, 5) is 22.1. The predicted octanol–water partition coefficient (Wildman–Crippen LogP) is 2.56. The number of nitrogens with one attached hydrogen (secondary N) is 1. The number of fused-ring (bicyclic) bond motifs is 1. The fraction of sp³-hybridized carbons (Fsp3) is 0.412. The Morgan fingerprint density at radius 1 is 1.39 bits per heavy atom. The van der Waals surface area contributed by atoms with Crippen LogP contribution < -0.4 is 5.56 Å². The molecule has 1 aliphatic heterocycles. The molecule has 23 heavy (non-hydrogen) atoms. The zero-order chi connectivity index (χ0) is 16.0. The Kier molecular flexibility index (Phi) is 3.62. The Morgan fingerprint density at radius 2 is 2.22 bits per heavy atom. The second-order valence-corrected chi connectivity index (χ2v) is 6.77. The Morgan fingerprint density at radius 3 is 3.00 bits per heavy atom. The number of aromatic nitrogens is 2. The molecule has 0 spiro atoms. The van der Waals surface area contributed by atoms with E-state index in [1.54, 1.807) is 6.07 Å². The Bertz CT molecular complexity index is 814. The van der Waals surface area contributed by atoms with Crippen LogP contribution in [-0.4, -0.2) is 26.5 Å². The van der Waals surface area contributed by atoms with Crippen molar-refractivity contribution in [3.8, 4) is 5.75 Å². The van der Waals surface area contributed by atoms with E-state index in [2.05, 4.69) is 14.9 Å². The number of aromatic amines is 1. The van der Waals surface area contributed by atoms with Gasteiger partial charge in [-0.15, -0.1) is 0 Å². The quantitative estimate of drug-likeness (QED) is 0.907. The van der Waals surface area contributed by atoms with Gasteiger partial charge in [0.15, 0.2) is 0 Å². The number of halogens is 1. The molecule has 5 nitrogen and oxygen atoms in total. The standard InChI is InChI=1S/C17H18ClN3O2/c18-13-3-1-2-11(15(13)22)8-21-7-6-14-12(9-21)17(23)20-16(19-14)10-4-5-10/h1-3,10,22H,4-9H2,(H,19,20,23). The minimum absolute atomic E-state index is 0.0167. The van der Waals surface area contributed by atoms with Crippen molar-refractivity contribution in [1.29, 1.82) is 0 Å². The lowest BCUT2D eigenvalue weighted by Gasteiger charge is -2.28. The van der Waals surface area contributed by atoms with E-state index in [1.807, 2.05) is 12.1 Å². The first kappa shape index (κ1) is 14.7. The molecule has 1 fully saturated rings. The van der Waals surface area contributed by atoms with E-state index in [1.165, 1.54) is 0 Å². The van der Waals surface area contributed by atoms with Crippen molar-refractivity contribution in [3.05, 3.63) is 56.2 Å². The molecule has 1 aromatic carbocycles. The zero-order valence-corrected chi connectivity index (χ0v) is 13.4. The van der Waals surface area contributed by atoms with Crippen molar-refractivity contribution in [2.45, 2.75) is 38.3 Å². The van der Waals surface area contributed by atoms with E-state index in [-0.39, 0.29) is 11.3 Å². The molecule has 4 rings (SSSR count). The highest BCUT2D eigenvalue weighted by molar-refractivity contribution is 6.32. The van der Waals surface area contributed by atoms with E-state index in [9.17, 15) is 9.90 Å². The molecule has 0 radical (unpaired) electrons. The van der Waals surface area contributed by atoms with Crippen LogP contribution in [0, 0.1) is 0 Å². The molecular formula is C17H18ClN3O2. The number of phenolic OH excluding ortho intramolecular Hbond substituents is 1. The Balaban J connectivity index is 1.57. The molecular weight excluding hydrogens is 314 g/mol. The number of aromatic hydroxyl groups is 1. The molecule has 0 bridgehead atoms. The summed E-state index contributed by atoms with van der Waals surface area (Å²) < 4.78 is 0. The third-order valence-corrected chi connectivity index (χ3v) is 4.90. The van der Waals surface area contributed by atoms with E-state index >= 15 is 0 Å². The number of para-hydroxylation sites is 1. The molecule has 2 aliphatic rings. The van der Waals surface area contributed by atoms with Crippen LogP contribution in [0.2, 0.25) is 5.02 Å². The molecule has 2 heterocycles. The number of rotatable bonds is 3. The zero-order valence-electron chi connectivity index (χ0n) is 12.7. The normalized spacial score (nSPS) is 18.0. The summed E-state index contributed by atoms with van der Waals surface area (Å²) in [6, 6.07) is 5.35. The monoisotopic (exact) mass is 331 g/mol. The van der Waals surface area contributed by atoms with E-state index < -0.39 is 0 Å². The predicted molar refractivity (Wildman–Crippen MR) is 87.8 cm³/mol. The lowest BCUT2D eigenvalue weighted by atomic mass is 10.1. The van der Waals surface area contributed by atoms with E-state index in [0.717, 1.165) is 48.5 Å². The Labute approximate surface area is 138 Å². The summed E-state index contributed by atoms with van der Waals surface area (Å²) >= 11 is 5.96. The average molecular weight is 332 g/mol. The van der Waals surface area contributed by atoms with E-state index in [0.29, 0.717) is 24.0 Å². The van der Waals surface area contributed by atoms with Gasteiger partial charge in [0.1, 0.15) is 11.6 Å². The van der Waals surface area contributed by atoms with Crippen LogP contribution in [0.3, 0.4) is 0 Å². The highest BCUT2D eigenvalue weighted by Gasteiger charge is 2.29. The van der Waals surface area contributed by atoms with Crippen LogP contribution in [0.5, 0.6) is 5.75 Å². The molecule has 1 saturated carbocycles. The van der Waals surface area contributed by atoms with Crippen LogP contribution in [0.4, 0.5) is 0 Å². The topological polar surface area (TPSA) is 69.2 Å². The summed E-state index contributed by atoms with van der Waals surface area (Å²) in [7, 11) is 0. The summed E-state index contributed by atoms with van der Waals surface area (Å²) in [6.07, 6.45) is 3.02. The summed E-state index contributed by atoms with van der Waals surface area (Å²) in [6.45, 7) is 1.93. The minimum Gasteiger partial charge on any atom is -0.506 e. The number of hydrogen-bond acceptors (Lipinski definition) is 4. The van der Waals surface area contributed by atoms with Gasteiger partial charge in [0.2, 0.25) is 0 Å². The van der Waals surface area contributed by atoms with Gasteiger partial charge in [-0.2, -0.15) is 0 Å². The highest BCUT2D eigenvalue weighted by Crippen LogP contribution is 2.38. The largest absolute Gasteiger partial charge is 0.506 e. The van der Waals surface area contributed by atoms with Gasteiger partial charge in [0.25, 0.3) is 5.56 Å². The number of benzene rings is 1. The van der Waals surface area contributed by atoms with Crippen LogP contribution in [0.1, 0.15) is 41.4 Å². The smallest absolute Gasteiger partial charge is 0.255 e. The molecule has 2 aromatic rings. The molecule has 1 aromatic heterocycles. The van der Waals surface area contributed by atoms with Crippen LogP contribution in [0.25, 0.3) is 0 Å². The average Bonchev–Trinajstić information content (AvgIpc) is 3.37. The van der Waals surface area contributed by atoms with Crippen molar-refractivity contribution >= 4 is 11.6 Å². The molecule has 0 saturated heterocycles. The van der Waals surface area contributed by atoms with Crippen molar-refractivity contribution in [2.75, 3.05) is 6.54 Å². The van der Waals surface area contributed by atoms with Gasteiger partial charge in [-0.05, 0) is 18.9 Å². The van der Waals surface area contributed by atoms with Gasteiger partial charge in [-0.25, -0.2) is 4.98 Å². The summed E-state index contributed by atoms with van der Waals surface area (Å²) in [5.74, 6) is 1.43. The maximum atomic E-state index is 12.3. The van der Waals surface area contributed by atoms with E-state index in [4.69, 9.17) is 11.6 Å². The Hall–Kier alpha value is -1.85. The number of nitrogens with zero attached hydrogens (tertiary/aromatic N) is 2. The van der Waals surface area contributed by atoms with Gasteiger partial charge < -0.3 is 10.1 Å². The van der Waals surface area contributed by atoms with Gasteiger partial charge in [0, 0.05) is 37.5 Å². The SMILES string of the molecule is O=c1[nH]c(C2CC2)nc2c1CN(Cc1cccc(Cl)c1O)CC2. The summed E-state index contributed by atoms with van der Waals surface area (Å²) in [5.41, 5.74) is 2.45. The molecule has 6 heteroatoms. The van der Waals surface area contributed by atoms with Crippen LogP contribution in [0.15, 0.2) is 23.0 Å². The molecule has 0 amide bonds. The lowest BCUT2D eigenvalue weighted by Crippen LogP contribution is -2.35. The molecule has 120 valence electrons. The summed E-state index contributed by atoms with van der Waals surface area (Å²) in [5, 5.41) is 10.4. The number of phenols is 1. The van der Waals surface area contributed by atoms with Gasteiger partial charge in [-0.1, -0.05) is 23.7 Å². The van der Waals surface area contributed by atoms with Crippen molar-refractivity contribution in [1.82, 2.24) is 14.9 Å². The first-order valence-corrected chi connectivity index (χ1v) is 8.30. The highest BCUT2D eigenvalue weighted by atomic mass is 35.5. The molecule has 0 unspecified atom stereocenters. The maximum absolute atomic E-state index is 12.3. The first-order chi connectivity index (χ1) is 11.1. The van der Waals surface area contributed by atoms with Gasteiger partial charge >= 0.3 is 0 Å². The lowest BCUT2D eigenvalue weighted by molar-refractivity contribution is 0.238. The minimum atomic E-state index is -0.0167. The molecule has 1 aliphatic carbocycles. The third kappa shape index (κ3) is 2.86. The second kappa shape index (κ2) is 5.65. The fourth-order valence-corrected chi connectivity index (χ4v) is 3.31.